The number of ether oxygens (including phenoxy) is 1. The maximum Gasteiger partial charge on any atom is 0.344 e. The van der Waals surface area contributed by atoms with Gasteiger partial charge in [-0.3, -0.25) is 9.52 Å². The molecule has 13 heteroatoms. The van der Waals surface area contributed by atoms with Crippen LogP contribution in [0.15, 0.2) is 67.7 Å². The molecular weight excluding hydrogens is 570 g/mol. The molecule has 0 spiro atoms. The first-order chi connectivity index (χ1) is 16.1. The summed E-state index contributed by atoms with van der Waals surface area (Å²) in [6.07, 6.45) is 0.0727. The van der Waals surface area contributed by atoms with Gasteiger partial charge in [-0.2, -0.15) is 5.10 Å². The van der Waals surface area contributed by atoms with Crippen LogP contribution in [-0.4, -0.2) is 37.7 Å². The van der Waals surface area contributed by atoms with Crippen molar-refractivity contribution in [3.05, 3.63) is 74.5 Å². The third kappa shape index (κ3) is 6.35. The molecule has 0 saturated carbocycles. The van der Waals surface area contributed by atoms with E-state index in [4.69, 9.17) is 21.4 Å². The lowest BCUT2D eigenvalue weighted by molar-refractivity contribution is -0.144. The van der Waals surface area contributed by atoms with Crippen molar-refractivity contribution in [3.8, 4) is 5.75 Å². The van der Waals surface area contributed by atoms with E-state index >= 15 is 0 Å². The Morgan fingerprint density at radius 3 is 2.68 bits per heavy atom. The highest BCUT2D eigenvalue weighted by atomic mass is 79.9. The van der Waals surface area contributed by atoms with Gasteiger partial charge in [0.05, 0.1) is 22.5 Å². The summed E-state index contributed by atoms with van der Waals surface area (Å²) in [6, 6.07) is 12.2. The summed E-state index contributed by atoms with van der Waals surface area (Å²) >= 11 is 10.4. The first-order valence-electron chi connectivity index (χ1n) is 9.45. The number of halogens is 2. The van der Waals surface area contributed by atoms with E-state index in [9.17, 15) is 18.0 Å². The van der Waals surface area contributed by atoms with E-state index in [2.05, 4.69) is 31.2 Å². The van der Waals surface area contributed by atoms with E-state index < -0.39 is 28.0 Å². The number of hydrogen-bond acceptors (Lipinski definition) is 7. The van der Waals surface area contributed by atoms with Gasteiger partial charge in [0.25, 0.3) is 15.9 Å². The molecule has 0 fully saturated rings. The number of nitrogens with one attached hydrogen (secondary N) is 2. The SMILES string of the molecule is CC(Oc1c(Cl)cccc1C=NNC(=O)c1cc(Br)ccc1NS(=O)(=O)c1cccs1)C(=O)O. The predicted molar refractivity (Wildman–Crippen MR) is 134 cm³/mol. The lowest BCUT2D eigenvalue weighted by Crippen LogP contribution is -2.24. The molecule has 178 valence electrons. The van der Waals surface area contributed by atoms with Gasteiger partial charge in [-0.1, -0.05) is 39.7 Å². The van der Waals surface area contributed by atoms with E-state index in [1.165, 1.54) is 37.4 Å². The minimum Gasteiger partial charge on any atom is -0.479 e. The molecular formula is C21H17BrClN3O6S2. The van der Waals surface area contributed by atoms with Crippen molar-refractivity contribution in [1.29, 1.82) is 0 Å². The molecule has 3 rings (SSSR count). The van der Waals surface area contributed by atoms with Crippen LogP contribution in [-0.2, 0) is 14.8 Å². The zero-order chi connectivity index (χ0) is 24.9. The quantitative estimate of drug-likeness (QED) is 0.248. The number of carbonyl (C=O) groups excluding carboxylic acids is 1. The van der Waals surface area contributed by atoms with Crippen molar-refractivity contribution in [2.45, 2.75) is 17.2 Å². The van der Waals surface area contributed by atoms with Crippen molar-refractivity contribution in [2.24, 2.45) is 5.10 Å². The van der Waals surface area contributed by atoms with E-state index in [0.717, 1.165) is 11.3 Å². The molecule has 0 radical (unpaired) electrons. The molecule has 0 aliphatic rings. The van der Waals surface area contributed by atoms with Crippen molar-refractivity contribution in [2.75, 3.05) is 4.72 Å². The van der Waals surface area contributed by atoms with Crippen molar-refractivity contribution in [3.63, 3.8) is 0 Å². The van der Waals surface area contributed by atoms with E-state index in [-0.39, 0.29) is 26.2 Å². The summed E-state index contributed by atoms with van der Waals surface area (Å²) in [5.74, 6) is -1.78. The molecule has 0 saturated heterocycles. The first-order valence-corrected chi connectivity index (χ1v) is 13.0. The van der Waals surface area contributed by atoms with Gasteiger partial charge in [0.2, 0.25) is 0 Å². The van der Waals surface area contributed by atoms with Crippen LogP contribution in [0.1, 0.15) is 22.8 Å². The molecule has 1 aromatic heterocycles. The number of sulfonamides is 1. The van der Waals surface area contributed by atoms with Gasteiger partial charge >= 0.3 is 5.97 Å². The molecule has 1 heterocycles. The van der Waals surface area contributed by atoms with E-state index in [1.807, 2.05) is 0 Å². The Morgan fingerprint density at radius 1 is 1.24 bits per heavy atom. The number of anilines is 1. The fraction of sp³-hybridized carbons (Fsp3) is 0.0952. The Morgan fingerprint density at radius 2 is 2.00 bits per heavy atom. The van der Waals surface area contributed by atoms with Gasteiger partial charge in [-0.15, -0.1) is 11.3 Å². The number of nitrogens with zero attached hydrogens (tertiary/aromatic N) is 1. The summed E-state index contributed by atoms with van der Waals surface area (Å²) in [7, 11) is -3.88. The number of thiophene rings is 1. The number of para-hydroxylation sites is 1. The number of carboxylic acid groups (broad SMARTS) is 1. The van der Waals surface area contributed by atoms with Gasteiger partial charge in [0.15, 0.2) is 6.10 Å². The molecule has 1 amide bonds. The number of benzene rings is 2. The zero-order valence-electron chi connectivity index (χ0n) is 17.4. The number of hydrazone groups is 1. The standard InChI is InChI=1S/C21H17BrClN3O6S2/c1-12(21(28)29)32-19-13(4-2-5-16(19)23)11-24-25-20(27)15-10-14(22)7-8-17(15)26-34(30,31)18-6-3-9-33-18/h2-12,26H,1H3,(H,25,27)(H,28,29). The number of hydrogen-bond donors (Lipinski definition) is 3. The predicted octanol–water partition coefficient (Wildman–Crippen LogP) is 4.58. The zero-order valence-corrected chi connectivity index (χ0v) is 21.3. The summed E-state index contributed by atoms with van der Waals surface area (Å²) in [5, 5.41) is 14.8. The summed E-state index contributed by atoms with van der Waals surface area (Å²) in [6.45, 7) is 1.35. The summed E-state index contributed by atoms with van der Waals surface area (Å²) < 4.78 is 33.6. The average molecular weight is 587 g/mol. The normalized spacial score (nSPS) is 12.3. The molecule has 3 aromatic rings. The van der Waals surface area contributed by atoms with Gasteiger partial charge in [0.1, 0.15) is 9.96 Å². The lowest BCUT2D eigenvalue weighted by Gasteiger charge is -2.14. The molecule has 0 bridgehead atoms. The minimum atomic E-state index is -3.88. The van der Waals surface area contributed by atoms with Gasteiger partial charge in [-0.25, -0.2) is 18.6 Å². The highest BCUT2D eigenvalue weighted by Crippen LogP contribution is 2.29. The highest BCUT2D eigenvalue weighted by molar-refractivity contribution is 9.10. The number of carbonyl (C=O) groups is 2. The fourth-order valence-electron chi connectivity index (χ4n) is 2.60. The Hall–Kier alpha value is -2.93. The largest absolute Gasteiger partial charge is 0.479 e. The summed E-state index contributed by atoms with van der Waals surface area (Å²) in [5.41, 5.74) is 2.73. The van der Waals surface area contributed by atoms with Crippen LogP contribution in [0.25, 0.3) is 0 Å². The molecule has 2 aromatic carbocycles. The molecule has 9 nitrogen and oxygen atoms in total. The van der Waals surface area contributed by atoms with E-state index in [1.54, 1.807) is 29.6 Å². The molecule has 1 unspecified atom stereocenters. The fourth-order valence-corrected chi connectivity index (χ4v) is 5.26. The Bertz CT molecular complexity index is 1350. The van der Waals surface area contributed by atoms with Crippen LogP contribution >= 0.6 is 38.9 Å². The van der Waals surface area contributed by atoms with Crippen molar-refractivity contribution in [1.82, 2.24) is 5.43 Å². The lowest BCUT2D eigenvalue weighted by atomic mass is 10.2. The minimum absolute atomic E-state index is 0.0220. The number of carboxylic acids is 1. The second-order valence-electron chi connectivity index (χ2n) is 6.68. The molecule has 0 aliphatic carbocycles. The first kappa shape index (κ1) is 25.7. The van der Waals surface area contributed by atoms with Crippen LogP contribution in [0.2, 0.25) is 5.02 Å². The molecule has 1 atom stereocenters. The van der Waals surface area contributed by atoms with Gasteiger partial charge < -0.3 is 9.84 Å². The number of rotatable bonds is 9. The number of aliphatic carboxylic acids is 1. The number of amides is 1. The van der Waals surface area contributed by atoms with Crippen LogP contribution in [0.3, 0.4) is 0 Å². The second kappa shape index (κ2) is 11.0. The topological polar surface area (TPSA) is 134 Å². The average Bonchev–Trinajstić information content (AvgIpc) is 3.33. The third-order valence-electron chi connectivity index (χ3n) is 4.24. The monoisotopic (exact) mass is 585 g/mol. The Labute approximate surface area is 212 Å². The molecule has 3 N–H and O–H groups in total. The second-order valence-corrected chi connectivity index (χ2v) is 10.9. The Balaban J connectivity index is 1.82. The maximum atomic E-state index is 12.8. The van der Waals surface area contributed by atoms with E-state index in [0.29, 0.717) is 10.0 Å². The van der Waals surface area contributed by atoms with Crippen LogP contribution in [0, 0.1) is 0 Å². The summed E-state index contributed by atoms with van der Waals surface area (Å²) in [4.78, 5) is 23.9. The van der Waals surface area contributed by atoms with Gasteiger partial charge in [0, 0.05) is 10.0 Å². The van der Waals surface area contributed by atoms with Crippen LogP contribution in [0.5, 0.6) is 5.75 Å². The van der Waals surface area contributed by atoms with Gasteiger partial charge in [-0.05, 0) is 48.7 Å². The third-order valence-corrected chi connectivity index (χ3v) is 7.79. The smallest absolute Gasteiger partial charge is 0.344 e. The van der Waals surface area contributed by atoms with Crippen LogP contribution in [0.4, 0.5) is 5.69 Å². The van der Waals surface area contributed by atoms with Crippen molar-refractivity contribution < 1.29 is 27.9 Å². The highest BCUT2D eigenvalue weighted by Gasteiger charge is 2.20. The molecule has 0 aliphatic heterocycles. The molecule has 34 heavy (non-hydrogen) atoms. The van der Waals surface area contributed by atoms with Crippen LogP contribution < -0.4 is 14.9 Å². The Kier molecular flexibility index (Phi) is 8.31. The van der Waals surface area contributed by atoms with Crippen molar-refractivity contribution >= 4 is 72.7 Å². The maximum absolute atomic E-state index is 12.8.